The van der Waals surface area contributed by atoms with Crippen molar-refractivity contribution in [2.24, 2.45) is 5.73 Å². The lowest BCUT2D eigenvalue weighted by molar-refractivity contribution is 0.613. The summed E-state index contributed by atoms with van der Waals surface area (Å²) in [4.78, 5) is 2.23. The van der Waals surface area contributed by atoms with E-state index >= 15 is 0 Å². The average Bonchev–Trinajstić information content (AvgIpc) is 2.33. The highest BCUT2D eigenvalue weighted by Gasteiger charge is 2.11. The topological polar surface area (TPSA) is 29.3 Å². The molecule has 0 spiro atoms. The summed E-state index contributed by atoms with van der Waals surface area (Å²) < 4.78 is 13.3. The van der Waals surface area contributed by atoms with Gasteiger partial charge in [-0.2, -0.15) is 0 Å². The number of nitrogens with two attached hydrogens (primary N) is 1. The SMILES string of the molecule is CCC(N)Cc1cc(F)ccc1N(CC)CC. The van der Waals surface area contributed by atoms with Gasteiger partial charge in [0, 0.05) is 24.8 Å². The van der Waals surface area contributed by atoms with Gasteiger partial charge in [-0.1, -0.05) is 6.92 Å². The number of rotatable bonds is 6. The number of halogens is 1. The van der Waals surface area contributed by atoms with E-state index in [0.29, 0.717) is 0 Å². The Morgan fingerprint density at radius 3 is 2.41 bits per heavy atom. The molecule has 1 rings (SSSR count). The van der Waals surface area contributed by atoms with Gasteiger partial charge in [-0.3, -0.25) is 0 Å². The summed E-state index contributed by atoms with van der Waals surface area (Å²) in [6.45, 7) is 8.13. The van der Waals surface area contributed by atoms with Crippen LogP contribution in [-0.2, 0) is 6.42 Å². The van der Waals surface area contributed by atoms with E-state index in [1.165, 1.54) is 6.07 Å². The summed E-state index contributed by atoms with van der Waals surface area (Å²) in [6, 6.07) is 5.10. The van der Waals surface area contributed by atoms with Gasteiger partial charge in [-0.25, -0.2) is 4.39 Å². The molecule has 0 aliphatic heterocycles. The summed E-state index contributed by atoms with van der Waals surface area (Å²) in [6.07, 6.45) is 1.65. The van der Waals surface area contributed by atoms with Crippen molar-refractivity contribution in [1.29, 1.82) is 0 Å². The van der Waals surface area contributed by atoms with Gasteiger partial charge in [0.25, 0.3) is 0 Å². The van der Waals surface area contributed by atoms with E-state index < -0.39 is 0 Å². The second kappa shape index (κ2) is 6.60. The number of nitrogens with zero attached hydrogens (tertiary/aromatic N) is 1. The van der Waals surface area contributed by atoms with E-state index in [9.17, 15) is 4.39 Å². The second-order valence-corrected chi connectivity index (χ2v) is 4.32. The molecule has 0 aromatic heterocycles. The van der Waals surface area contributed by atoms with Crippen molar-refractivity contribution in [2.75, 3.05) is 18.0 Å². The van der Waals surface area contributed by atoms with Crippen molar-refractivity contribution in [1.82, 2.24) is 0 Å². The molecule has 1 aromatic rings. The third-order valence-electron chi connectivity index (χ3n) is 3.15. The van der Waals surface area contributed by atoms with Gasteiger partial charge in [-0.15, -0.1) is 0 Å². The molecule has 1 aromatic carbocycles. The fourth-order valence-electron chi connectivity index (χ4n) is 2.02. The first-order chi connectivity index (χ1) is 8.12. The molecule has 0 aliphatic carbocycles. The van der Waals surface area contributed by atoms with Gasteiger partial charge >= 0.3 is 0 Å². The molecule has 17 heavy (non-hydrogen) atoms. The van der Waals surface area contributed by atoms with Crippen LogP contribution in [0.25, 0.3) is 0 Å². The smallest absolute Gasteiger partial charge is 0.123 e. The van der Waals surface area contributed by atoms with Crippen molar-refractivity contribution in [3.05, 3.63) is 29.6 Å². The highest BCUT2D eigenvalue weighted by atomic mass is 19.1. The molecule has 3 heteroatoms. The van der Waals surface area contributed by atoms with Gasteiger partial charge in [0.05, 0.1) is 0 Å². The Kier molecular flexibility index (Phi) is 5.42. The Balaban J connectivity index is 3.02. The third kappa shape index (κ3) is 3.70. The summed E-state index contributed by atoms with van der Waals surface area (Å²) in [7, 11) is 0. The lowest BCUT2D eigenvalue weighted by Gasteiger charge is -2.25. The standard InChI is InChI=1S/C14H23FN2/c1-4-13(16)10-11-9-12(15)7-8-14(11)17(5-2)6-3/h7-9,13H,4-6,10,16H2,1-3H3. The van der Waals surface area contributed by atoms with Crippen molar-refractivity contribution in [2.45, 2.75) is 39.7 Å². The summed E-state index contributed by atoms with van der Waals surface area (Å²) in [5.41, 5.74) is 8.09. The van der Waals surface area contributed by atoms with E-state index in [4.69, 9.17) is 5.73 Å². The molecule has 0 radical (unpaired) electrons. The first-order valence-corrected chi connectivity index (χ1v) is 6.41. The first kappa shape index (κ1) is 14.0. The monoisotopic (exact) mass is 238 g/mol. The average molecular weight is 238 g/mol. The van der Waals surface area contributed by atoms with Crippen LogP contribution in [0, 0.1) is 5.82 Å². The fraction of sp³-hybridized carbons (Fsp3) is 0.571. The Morgan fingerprint density at radius 2 is 1.88 bits per heavy atom. The third-order valence-corrected chi connectivity index (χ3v) is 3.15. The van der Waals surface area contributed by atoms with Crippen molar-refractivity contribution in [3.63, 3.8) is 0 Å². The molecule has 0 bridgehead atoms. The Hall–Kier alpha value is -1.09. The van der Waals surface area contributed by atoms with E-state index in [1.54, 1.807) is 6.07 Å². The van der Waals surface area contributed by atoms with Crippen molar-refractivity contribution in [3.8, 4) is 0 Å². The molecule has 96 valence electrons. The van der Waals surface area contributed by atoms with Crippen LogP contribution in [0.3, 0.4) is 0 Å². The Morgan fingerprint density at radius 1 is 1.24 bits per heavy atom. The minimum Gasteiger partial charge on any atom is -0.372 e. The molecule has 1 atom stereocenters. The Labute approximate surface area is 104 Å². The summed E-state index contributed by atoms with van der Waals surface area (Å²) in [5, 5.41) is 0. The van der Waals surface area contributed by atoms with Gasteiger partial charge < -0.3 is 10.6 Å². The van der Waals surface area contributed by atoms with Crippen LogP contribution in [0.1, 0.15) is 32.8 Å². The molecule has 1 unspecified atom stereocenters. The zero-order valence-corrected chi connectivity index (χ0v) is 11.0. The quantitative estimate of drug-likeness (QED) is 0.825. The van der Waals surface area contributed by atoms with Crippen molar-refractivity contribution < 1.29 is 4.39 Å². The molecular formula is C14H23FN2. The molecule has 2 nitrogen and oxygen atoms in total. The van der Waals surface area contributed by atoms with E-state index in [2.05, 4.69) is 25.7 Å². The molecule has 0 saturated heterocycles. The van der Waals surface area contributed by atoms with E-state index in [1.807, 2.05) is 6.07 Å². The molecule has 0 heterocycles. The van der Waals surface area contributed by atoms with Gasteiger partial charge in [-0.05, 0) is 50.5 Å². The summed E-state index contributed by atoms with van der Waals surface area (Å²) in [5.74, 6) is -0.181. The lowest BCUT2D eigenvalue weighted by Crippen LogP contribution is -2.26. The molecule has 0 amide bonds. The lowest BCUT2D eigenvalue weighted by atomic mass is 10.0. The maximum atomic E-state index is 13.3. The van der Waals surface area contributed by atoms with Crippen LogP contribution in [0.2, 0.25) is 0 Å². The maximum absolute atomic E-state index is 13.3. The first-order valence-electron chi connectivity index (χ1n) is 6.41. The van der Waals surface area contributed by atoms with Crippen LogP contribution < -0.4 is 10.6 Å². The molecule has 2 N–H and O–H groups in total. The number of benzene rings is 1. The van der Waals surface area contributed by atoms with Crippen LogP contribution >= 0.6 is 0 Å². The minimum absolute atomic E-state index is 0.103. The zero-order valence-electron chi connectivity index (χ0n) is 11.0. The molecule has 0 fully saturated rings. The highest BCUT2D eigenvalue weighted by Crippen LogP contribution is 2.23. The normalized spacial score (nSPS) is 12.5. The van der Waals surface area contributed by atoms with Crippen LogP contribution in [-0.4, -0.2) is 19.1 Å². The van der Waals surface area contributed by atoms with Gasteiger partial charge in [0.15, 0.2) is 0 Å². The highest BCUT2D eigenvalue weighted by molar-refractivity contribution is 5.54. The van der Waals surface area contributed by atoms with E-state index in [-0.39, 0.29) is 11.9 Å². The molecular weight excluding hydrogens is 215 g/mol. The van der Waals surface area contributed by atoms with Gasteiger partial charge in [0.1, 0.15) is 5.82 Å². The van der Waals surface area contributed by atoms with Crippen LogP contribution in [0.5, 0.6) is 0 Å². The van der Waals surface area contributed by atoms with E-state index in [0.717, 1.165) is 37.2 Å². The van der Waals surface area contributed by atoms with Crippen molar-refractivity contribution >= 4 is 5.69 Å². The van der Waals surface area contributed by atoms with Crippen LogP contribution in [0.4, 0.5) is 10.1 Å². The minimum atomic E-state index is -0.181. The summed E-state index contributed by atoms with van der Waals surface area (Å²) >= 11 is 0. The Bertz CT molecular complexity index is 348. The zero-order chi connectivity index (χ0) is 12.8. The second-order valence-electron chi connectivity index (χ2n) is 4.32. The predicted octanol–water partition coefficient (Wildman–Crippen LogP) is 2.95. The molecule has 0 aliphatic rings. The largest absolute Gasteiger partial charge is 0.372 e. The molecule has 0 saturated carbocycles. The fourth-order valence-corrected chi connectivity index (χ4v) is 2.02. The maximum Gasteiger partial charge on any atom is 0.123 e. The predicted molar refractivity (Wildman–Crippen MR) is 71.9 cm³/mol. The number of hydrogen-bond acceptors (Lipinski definition) is 2. The number of hydrogen-bond donors (Lipinski definition) is 1. The number of anilines is 1. The van der Waals surface area contributed by atoms with Gasteiger partial charge in [0.2, 0.25) is 0 Å². The van der Waals surface area contributed by atoms with Crippen LogP contribution in [0.15, 0.2) is 18.2 Å².